The van der Waals surface area contributed by atoms with Gasteiger partial charge in [-0.25, -0.2) is 0 Å². The van der Waals surface area contributed by atoms with E-state index < -0.39 is 17.5 Å². The fourth-order valence-electron chi connectivity index (χ4n) is 10.6. The SMILES string of the molecule is CC1(C)CC[C@]2(C(=O)O)CC[C@]3(C)C(=CC[C@@H]4[C@@]5(C)CC[C@H](O)C(C)(C)[C@@H]5C[C@@H](O)[C@]43C)[C@@H]2C1. The van der Waals surface area contributed by atoms with Gasteiger partial charge in [-0.3, -0.25) is 4.79 Å². The third-order valence-electron chi connectivity index (χ3n) is 13.1. The van der Waals surface area contributed by atoms with Crippen LogP contribution in [0.3, 0.4) is 0 Å². The van der Waals surface area contributed by atoms with Gasteiger partial charge >= 0.3 is 5.97 Å². The number of carboxylic acids is 1. The van der Waals surface area contributed by atoms with Gasteiger partial charge in [0.25, 0.3) is 0 Å². The van der Waals surface area contributed by atoms with Crippen molar-refractivity contribution in [3.8, 4) is 0 Å². The van der Waals surface area contributed by atoms with Gasteiger partial charge in [0.15, 0.2) is 0 Å². The summed E-state index contributed by atoms with van der Waals surface area (Å²) in [5.41, 5.74) is 0.226. The molecule has 9 atom stereocenters. The summed E-state index contributed by atoms with van der Waals surface area (Å²) in [6.45, 7) is 16.2. The minimum Gasteiger partial charge on any atom is -0.481 e. The lowest BCUT2D eigenvalue weighted by molar-refractivity contribution is -0.244. The molecule has 0 aliphatic heterocycles. The zero-order valence-electron chi connectivity index (χ0n) is 22.6. The molecule has 4 saturated carbocycles. The summed E-state index contributed by atoms with van der Waals surface area (Å²) < 4.78 is 0. The molecule has 0 radical (unpaired) electrons. The molecule has 0 amide bonds. The lowest BCUT2D eigenvalue weighted by atomic mass is 9.33. The Morgan fingerprint density at radius 1 is 0.882 bits per heavy atom. The molecule has 0 saturated heterocycles. The van der Waals surface area contributed by atoms with Crippen molar-refractivity contribution in [3.05, 3.63) is 11.6 Å². The van der Waals surface area contributed by atoms with Crippen LogP contribution in [0.15, 0.2) is 11.6 Å². The summed E-state index contributed by atoms with van der Waals surface area (Å²) in [6, 6.07) is 0. The molecule has 192 valence electrons. The van der Waals surface area contributed by atoms with Gasteiger partial charge in [0, 0.05) is 5.41 Å². The Hall–Kier alpha value is -0.870. The summed E-state index contributed by atoms with van der Waals surface area (Å²) >= 11 is 0. The number of carbonyl (C=O) groups is 1. The number of aliphatic hydroxyl groups excluding tert-OH is 2. The van der Waals surface area contributed by atoms with Crippen molar-refractivity contribution >= 4 is 5.97 Å². The van der Waals surface area contributed by atoms with E-state index in [1.807, 2.05) is 0 Å². The first kappa shape index (κ1) is 24.8. The van der Waals surface area contributed by atoms with Crippen molar-refractivity contribution in [2.45, 2.75) is 118 Å². The normalized spacial score (nSPS) is 53.4. The molecule has 0 bridgehead atoms. The topological polar surface area (TPSA) is 77.8 Å². The second-order valence-corrected chi connectivity index (χ2v) is 15.1. The number of carboxylic acid groups (broad SMARTS) is 1. The highest BCUT2D eigenvalue weighted by atomic mass is 16.4. The predicted molar refractivity (Wildman–Crippen MR) is 134 cm³/mol. The molecule has 0 unspecified atom stereocenters. The maximum atomic E-state index is 12.8. The van der Waals surface area contributed by atoms with Gasteiger partial charge < -0.3 is 15.3 Å². The molecule has 0 aromatic rings. The van der Waals surface area contributed by atoms with E-state index >= 15 is 0 Å². The standard InChI is InChI=1S/C30H48O4/c1-25(2)12-14-30(24(33)34)15-13-28(6)18(19(30)17-25)8-9-20-27(5)11-10-22(31)26(3,4)21(27)16-23(32)29(20,28)7/h8,19-23,31-32H,9-17H2,1-7H3,(H,33,34)/t19-,20+,21-,22-,23+,27+,28+,29-,30-/m0/s1. The maximum absolute atomic E-state index is 12.8. The quantitative estimate of drug-likeness (QED) is 0.397. The second kappa shape index (κ2) is 7.12. The van der Waals surface area contributed by atoms with Crippen LogP contribution in [-0.4, -0.2) is 33.5 Å². The zero-order valence-corrected chi connectivity index (χ0v) is 22.6. The number of aliphatic carboxylic acids is 1. The highest BCUT2D eigenvalue weighted by Crippen LogP contribution is 2.75. The van der Waals surface area contributed by atoms with Crippen LogP contribution in [0.1, 0.15) is 106 Å². The largest absolute Gasteiger partial charge is 0.481 e. The molecular formula is C30H48O4. The van der Waals surface area contributed by atoms with Gasteiger partial charge in [-0.15, -0.1) is 0 Å². The number of rotatable bonds is 1. The van der Waals surface area contributed by atoms with Crippen molar-refractivity contribution in [1.82, 2.24) is 0 Å². The minimum atomic E-state index is -0.646. The lowest BCUT2D eigenvalue weighted by Crippen LogP contribution is -2.69. The van der Waals surface area contributed by atoms with Gasteiger partial charge in [-0.05, 0) is 97.2 Å². The van der Waals surface area contributed by atoms with Gasteiger partial charge in [0.2, 0.25) is 0 Å². The van der Waals surface area contributed by atoms with Crippen LogP contribution < -0.4 is 0 Å². The van der Waals surface area contributed by atoms with Crippen LogP contribution in [0, 0.1) is 50.2 Å². The lowest BCUT2D eigenvalue weighted by Gasteiger charge is -2.72. The number of fused-ring (bicyclic) bond motifs is 7. The third-order valence-corrected chi connectivity index (χ3v) is 13.1. The number of aliphatic hydroxyl groups is 2. The van der Waals surface area contributed by atoms with E-state index in [2.05, 4.69) is 54.5 Å². The van der Waals surface area contributed by atoms with Crippen LogP contribution in [0.5, 0.6) is 0 Å². The Labute approximate surface area is 206 Å². The molecule has 0 heterocycles. The number of allylic oxidation sites excluding steroid dienone is 2. The molecule has 0 aromatic heterocycles. The zero-order chi connectivity index (χ0) is 25.1. The Morgan fingerprint density at radius 3 is 2.18 bits per heavy atom. The first-order valence-electron chi connectivity index (χ1n) is 13.9. The Morgan fingerprint density at radius 2 is 1.53 bits per heavy atom. The molecule has 3 N–H and O–H groups in total. The maximum Gasteiger partial charge on any atom is 0.310 e. The summed E-state index contributed by atoms with van der Waals surface area (Å²) in [5, 5.41) is 33.4. The molecule has 34 heavy (non-hydrogen) atoms. The summed E-state index contributed by atoms with van der Waals surface area (Å²) in [7, 11) is 0. The fraction of sp³-hybridized carbons (Fsp3) is 0.900. The van der Waals surface area contributed by atoms with Crippen molar-refractivity contribution in [2.75, 3.05) is 0 Å². The van der Waals surface area contributed by atoms with E-state index in [1.165, 1.54) is 5.57 Å². The summed E-state index contributed by atoms with van der Waals surface area (Å²) in [4.78, 5) is 12.8. The van der Waals surface area contributed by atoms with E-state index in [9.17, 15) is 20.1 Å². The molecule has 4 fully saturated rings. The average molecular weight is 473 g/mol. The van der Waals surface area contributed by atoms with Crippen LogP contribution in [-0.2, 0) is 4.79 Å². The Balaban J connectivity index is 1.63. The number of hydrogen-bond donors (Lipinski definition) is 3. The Bertz CT molecular complexity index is 919. The summed E-state index contributed by atoms with van der Waals surface area (Å²) in [6.07, 6.45) is 9.41. The smallest absolute Gasteiger partial charge is 0.310 e. The van der Waals surface area contributed by atoms with Crippen LogP contribution in [0.2, 0.25) is 0 Å². The first-order chi connectivity index (χ1) is 15.6. The van der Waals surface area contributed by atoms with E-state index in [0.717, 1.165) is 57.8 Å². The van der Waals surface area contributed by atoms with Gasteiger partial charge in [0.05, 0.1) is 17.6 Å². The van der Waals surface area contributed by atoms with Crippen LogP contribution in [0.25, 0.3) is 0 Å². The first-order valence-corrected chi connectivity index (χ1v) is 13.9. The second-order valence-electron chi connectivity index (χ2n) is 15.1. The highest BCUT2D eigenvalue weighted by Gasteiger charge is 2.71. The summed E-state index contributed by atoms with van der Waals surface area (Å²) in [5.74, 6) is 0.0731. The van der Waals surface area contributed by atoms with Gasteiger partial charge in [-0.1, -0.05) is 60.1 Å². The fourth-order valence-corrected chi connectivity index (χ4v) is 10.6. The third kappa shape index (κ3) is 2.82. The monoisotopic (exact) mass is 472 g/mol. The van der Waals surface area contributed by atoms with E-state index in [-0.39, 0.29) is 45.0 Å². The number of hydrogen-bond acceptors (Lipinski definition) is 3. The van der Waals surface area contributed by atoms with Crippen LogP contribution in [0.4, 0.5) is 0 Å². The van der Waals surface area contributed by atoms with Crippen molar-refractivity contribution < 1.29 is 20.1 Å². The van der Waals surface area contributed by atoms with Crippen molar-refractivity contribution in [2.24, 2.45) is 50.2 Å². The molecule has 5 aliphatic carbocycles. The Kier molecular flexibility index (Phi) is 5.20. The molecule has 5 aliphatic rings. The molecule has 0 spiro atoms. The van der Waals surface area contributed by atoms with Gasteiger partial charge in [-0.2, -0.15) is 0 Å². The van der Waals surface area contributed by atoms with E-state index in [1.54, 1.807) is 0 Å². The molecule has 4 heteroatoms. The van der Waals surface area contributed by atoms with E-state index in [0.29, 0.717) is 5.92 Å². The predicted octanol–water partition coefficient (Wildman–Crippen LogP) is 6.20. The van der Waals surface area contributed by atoms with Gasteiger partial charge in [0.1, 0.15) is 0 Å². The molecule has 0 aromatic carbocycles. The van der Waals surface area contributed by atoms with Crippen LogP contribution >= 0.6 is 0 Å². The highest BCUT2D eigenvalue weighted by molar-refractivity contribution is 5.76. The molecule has 4 nitrogen and oxygen atoms in total. The van der Waals surface area contributed by atoms with E-state index in [4.69, 9.17) is 0 Å². The van der Waals surface area contributed by atoms with Crippen molar-refractivity contribution in [1.29, 1.82) is 0 Å². The minimum absolute atomic E-state index is 0.0626. The van der Waals surface area contributed by atoms with Crippen molar-refractivity contribution in [3.63, 3.8) is 0 Å². The average Bonchev–Trinajstić information content (AvgIpc) is 2.74. The molecule has 5 rings (SSSR count). The molecular weight excluding hydrogens is 424 g/mol.